The number of hydrogen-bond acceptors (Lipinski definition) is 5. The average Bonchev–Trinajstić information content (AvgIpc) is 2.92. The molecule has 0 spiro atoms. The maximum Gasteiger partial charge on any atom is 0.262 e. The summed E-state index contributed by atoms with van der Waals surface area (Å²) in [6.07, 6.45) is 0. The number of carbonyl (C=O) groups is 1. The molecule has 0 saturated heterocycles. The summed E-state index contributed by atoms with van der Waals surface area (Å²) in [5, 5.41) is 14.9. The molecule has 0 atom stereocenters. The number of benzene rings is 1. The molecule has 0 unspecified atom stereocenters. The van der Waals surface area contributed by atoms with Crippen LogP contribution in [0.25, 0.3) is 0 Å². The van der Waals surface area contributed by atoms with Gasteiger partial charge in [0.2, 0.25) is 0 Å². The van der Waals surface area contributed by atoms with E-state index in [1.165, 1.54) is 0 Å². The van der Waals surface area contributed by atoms with Crippen molar-refractivity contribution in [1.29, 1.82) is 0 Å². The van der Waals surface area contributed by atoms with E-state index in [1.807, 2.05) is 18.2 Å². The Balaban J connectivity index is 1.68. The molecule has 1 aromatic heterocycles. The summed E-state index contributed by atoms with van der Waals surface area (Å²) < 4.78 is 10.7. The van der Waals surface area contributed by atoms with E-state index in [2.05, 4.69) is 10.6 Å². The van der Waals surface area contributed by atoms with Crippen LogP contribution in [-0.4, -0.2) is 17.6 Å². The summed E-state index contributed by atoms with van der Waals surface area (Å²) in [5.74, 6) is 1.77. The van der Waals surface area contributed by atoms with Gasteiger partial charge in [0.15, 0.2) is 6.61 Å². The van der Waals surface area contributed by atoms with Crippen LogP contribution in [0, 0.1) is 0 Å². The number of carbonyl (C=O) groups excluding carboxylic acids is 1. The van der Waals surface area contributed by atoms with Crippen LogP contribution in [0.2, 0.25) is 0 Å². The Labute approximate surface area is 115 Å². The standard InChI is InChI=1S/C14H14N2O4/c17-7-11-3-2-10(20-11)6-15-9-1-4-13-12(5-9)16-14(18)8-19-13/h1-5,15,17H,6-8H2,(H,16,18). The summed E-state index contributed by atoms with van der Waals surface area (Å²) in [7, 11) is 0. The van der Waals surface area contributed by atoms with Crippen LogP contribution in [-0.2, 0) is 17.9 Å². The van der Waals surface area contributed by atoms with Gasteiger partial charge in [0.1, 0.15) is 23.9 Å². The van der Waals surface area contributed by atoms with E-state index in [9.17, 15) is 4.79 Å². The van der Waals surface area contributed by atoms with Crippen LogP contribution in [0.3, 0.4) is 0 Å². The van der Waals surface area contributed by atoms with Crippen molar-refractivity contribution >= 4 is 17.3 Å². The molecular formula is C14H14N2O4. The maximum atomic E-state index is 11.3. The molecule has 2 heterocycles. The van der Waals surface area contributed by atoms with Gasteiger partial charge >= 0.3 is 0 Å². The highest BCUT2D eigenvalue weighted by Crippen LogP contribution is 2.30. The van der Waals surface area contributed by atoms with Crippen molar-refractivity contribution in [3.63, 3.8) is 0 Å². The number of rotatable bonds is 4. The van der Waals surface area contributed by atoms with E-state index in [1.54, 1.807) is 12.1 Å². The first-order chi connectivity index (χ1) is 9.74. The fourth-order valence-electron chi connectivity index (χ4n) is 1.98. The monoisotopic (exact) mass is 274 g/mol. The van der Waals surface area contributed by atoms with Crippen molar-refractivity contribution in [2.24, 2.45) is 0 Å². The first-order valence-electron chi connectivity index (χ1n) is 6.23. The summed E-state index contributed by atoms with van der Waals surface area (Å²) in [6.45, 7) is 0.436. The van der Waals surface area contributed by atoms with Gasteiger partial charge in [-0.05, 0) is 30.3 Å². The molecule has 0 saturated carbocycles. The lowest BCUT2D eigenvalue weighted by atomic mass is 10.2. The lowest BCUT2D eigenvalue weighted by Crippen LogP contribution is -2.25. The van der Waals surface area contributed by atoms with E-state index >= 15 is 0 Å². The van der Waals surface area contributed by atoms with Crippen molar-refractivity contribution in [1.82, 2.24) is 0 Å². The smallest absolute Gasteiger partial charge is 0.262 e. The minimum Gasteiger partial charge on any atom is -0.482 e. The number of anilines is 2. The highest BCUT2D eigenvalue weighted by atomic mass is 16.5. The summed E-state index contributed by atoms with van der Waals surface area (Å²) in [4.78, 5) is 11.3. The van der Waals surface area contributed by atoms with Gasteiger partial charge in [-0.2, -0.15) is 0 Å². The van der Waals surface area contributed by atoms with Gasteiger partial charge in [-0.15, -0.1) is 0 Å². The van der Waals surface area contributed by atoms with E-state index < -0.39 is 0 Å². The maximum absolute atomic E-state index is 11.3. The Morgan fingerprint density at radius 1 is 1.25 bits per heavy atom. The topological polar surface area (TPSA) is 83.7 Å². The fraction of sp³-hybridized carbons (Fsp3) is 0.214. The molecule has 1 aliphatic rings. The number of amides is 1. The van der Waals surface area contributed by atoms with Crippen molar-refractivity contribution in [3.8, 4) is 5.75 Å². The van der Waals surface area contributed by atoms with Crippen molar-refractivity contribution in [2.75, 3.05) is 17.2 Å². The second-order valence-electron chi connectivity index (χ2n) is 4.43. The molecule has 1 aromatic carbocycles. The predicted molar refractivity (Wildman–Crippen MR) is 72.5 cm³/mol. The normalized spacial score (nSPS) is 13.3. The lowest BCUT2D eigenvalue weighted by Gasteiger charge is -2.18. The molecule has 3 rings (SSSR count). The minimum atomic E-state index is -0.159. The molecule has 0 fully saturated rings. The molecule has 0 bridgehead atoms. The number of aliphatic hydroxyl groups is 1. The molecule has 1 amide bonds. The number of hydrogen-bond donors (Lipinski definition) is 3. The first kappa shape index (κ1) is 12.6. The summed E-state index contributed by atoms with van der Waals surface area (Å²) in [6, 6.07) is 9.02. The number of furan rings is 1. The largest absolute Gasteiger partial charge is 0.482 e. The van der Waals surface area contributed by atoms with E-state index in [0.717, 1.165) is 11.4 Å². The highest BCUT2D eigenvalue weighted by Gasteiger charge is 2.15. The number of nitrogens with one attached hydrogen (secondary N) is 2. The number of ether oxygens (including phenoxy) is 1. The van der Waals surface area contributed by atoms with Gasteiger partial charge in [-0.1, -0.05) is 0 Å². The zero-order chi connectivity index (χ0) is 13.9. The Morgan fingerprint density at radius 2 is 2.10 bits per heavy atom. The second kappa shape index (κ2) is 5.26. The average molecular weight is 274 g/mol. The molecule has 20 heavy (non-hydrogen) atoms. The van der Waals surface area contributed by atoms with Crippen molar-refractivity contribution < 1.29 is 19.1 Å². The van der Waals surface area contributed by atoms with Gasteiger partial charge in [-0.3, -0.25) is 4.79 Å². The molecular weight excluding hydrogens is 260 g/mol. The van der Waals surface area contributed by atoms with Crippen molar-refractivity contribution in [2.45, 2.75) is 13.2 Å². The lowest BCUT2D eigenvalue weighted by molar-refractivity contribution is -0.118. The molecule has 0 aliphatic carbocycles. The Kier molecular flexibility index (Phi) is 3.30. The van der Waals surface area contributed by atoms with Crippen LogP contribution in [0.1, 0.15) is 11.5 Å². The van der Waals surface area contributed by atoms with Gasteiger partial charge in [-0.25, -0.2) is 0 Å². The zero-order valence-corrected chi connectivity index (χ0v) is 10.7. The van der Waals surface area contributed by atoms with E-state index in [-0.39, 0.29) is 19.1 Å². The van der Waals surface area contributed by atoms with Crippen LogP contribution in [0.4, 0.5) is 11.4 Å². The van der Waals surface area contributed by atoms with Gasteiger partial charge in [0, 0.05) is 5.69 Å². The van der Waals surface area contributed by atoms with Crippen LogP contribution >= 0.6 is 0 Å². The van der Waals surface area contributed by atoms with Crippen LogP contribution in [0.5, 0.6) is 5.75 Å². The quantitative estimate of drug-likeness (QED) is 0.790. The third kappa shape index (κ3) is 2.60. The third-order valence-corrected chi connectivity index (χ3v) is 2.95. The molecule has 0 radical (unpaired) electrons. The SMILES string of the molecule is O=C1COc2ccc(NCc3ccc(CO)o3)cc2N1. The molecule has 6 heteroatoms. The first-order valence-corrected chi connectivity index (χ1v) is 6.23. The van der Waals surface area contributed by atoms with Crippen LogP contribution < -0.4 is 15.4 Å². The zero-order valence-electron chi connectivity index (χ0n) is 10.7. The summed E-state index contributed by atoms with van der Waals surface area (Å²) in [5.41, 5.74) is 1.50. The summed E-state index contributed by atoms with van der Waals surface area (Å²) >= 11 is 0. The molecule has 104 valence electrons. The van der Waals surface area contributed by atoms with Gasteiger partial charge < -0.3 is 24.9 Å². The van der Waals surface area contributed by atoms with Crippen LogP contribution in [0.15, 0.2) is 34.7 Å². The fourth-order valence-corrected chi connectivity index (χ4v) is 1.98. The molecule has 1 aliphatic heterocycles. The molecule has 6 nitrogen and oxygen atoms in total. The van der Waals surface area contributed by atoms with Crippen molar-refractivity contribution in [3.05, 3.63) is 41.9 Å². The molecule has 2 aromatic rings. The van der Waals surface area contributed by atoms with E-state index in [0.29, 0.717) is 23.7 Å². The Bertz CT molecular complexity index is 636. The predicted octanol–water partition coefficient (Wildman–Crippen LogP) is 1.71. The van der Waals surface area contributed by atoms with Gasteiger partial charge in [0.25, 0.3) is 5.91 Å². The Morgan fingerprint density at radius 3 is 2.90 bits per heavy atom. The van der Waals surface area contributed by atoms with E-state index in [4.69, 9.17) is 14.3 Å². The van der Waals surface area contributed by atoms with Gasteiger partial charge in [0.05, 0.1) is 12.2 Å². The Hall–Kier alpha value is -2.47. The second-order valence-corrected chi connectivity index (χ2v) is 4.43. The third-order valence-electron chi connectivity index (χ3n) is 2.95. The number of aliphatic hydroxyl groups excluding tert-OH is 1. The minimum absolute atomic E-state index is 0.0517. The molecule has 3 N–H and O–H groups in total. The number of fused-ring (bicyclic) bond motifs is 1. The highest BCUT2D eigenvalue weighted by molar-refractivity contribution is 5.95.